The number of sulfonamides is 1. The van der Waals surface area contributed by atoms with Crippen molar-refractivity contribution in [3.63, 3.8) is 0 Å². The summed E-state index contributed by atoms with van der Waals surface area (Å²) in [5.74, 6) is -0.689. The highest BCUT2D eigenvalue weighted by Crippen LogP contribution is 2.28. The highest BCUT2D eigenvalue weighted by Gasteiger charge is 2.28. The van der Waals surface area contributed by atoms with E-state index in [0.29, 0.717) is 28.9 Å². The summed E-state index contributed by atoms with van der Waals surface area (Å²) in [5, 5.41) is 2.78. The van der Waals surface area contributed by atoms with Crippen LogP contribution in [0.25, 0.3) is 0 Å². The second kappa shape index (κ2) is 11.9. The molecule has 7 heteroatoms. The van der Waals surface area contributed by atoms with Gasteiger partial charge in [-0.25, -0.2) is 8.42 Å². The zero-order valence-corrected chi connectivity index (χ0v) is 24.0. The monoisotopic (exact) mass is 554 g/mol. The Bertz CT molecular complexity index is 1610. The zero-order chi connectivity index (χ0) is 28.9. The summed E-state index contributed by atoms with van der Waals surface area (Å²) in [5.41, 5.74) is 3.74. The van der Waals surface area contributed by atoms with Crippen molar-refractivity contribution in [2.75, 3.05) is 16.2 Å². The minimum atomic E-state index is -4.03. The van der Waals surface area contributed by atoms with Crippen LogP contribution in [0.15, 0.2) is 108 Å². The number of nitrogens with one attached hydrogen (secondary N) is 1. The molecule has 1 N–H and O–H groups in total. The quantitative estimate of drug-likeness (QED) is 0.236. The first-order valence-corrected chi connectivity index (χ1v) is 14.7. The molecule has 6 nitrogen and oxygen atoms in total. The third-order valence-corrected chi connectivity index (χ3v) is 8.46. The minimum Gasteiger partial charge on any atom is -0.324 e. The summed E-state index contributed by atoms with van der Waals surface area (Å²) in [6.45, 7) is 7.85. The van der Waals surface area contributed by atoms with Gasteiger partial charge in [-0.05, 0) is 53.3 Å². The molecule has 4 aromatic rings. The molecule has 4 rings (SSSR count). The number of para-hydroxylation sites is 1. The number of benzene rings is 4. The van der Waals surface area contributed by atoms with E-state index >= 15 is 0 Å². The van der Waals surface area contributed by atoms with Crippen LogP contribution < -0.4 is 9.62 Å². The van der Waals surface area contributed by atoms with E-state index in [2.05, 4.69) is 26.1 Å². The smallest absolute Gasteiger partial charge is 0.264 e. The highest BCUT2D eigenvalue weighted by molar-refractivity contribution is 7.92. The summed E-state index contributed by atoms with van der Waals surface area (Å²) in [7, 11) is -4.03. The number of hydrogen-bond donors (Lipinski definition) is 1. The molecule has 0 bridgehead atoms. The van der Waals surface area contributed by atoms with Crippen LogP contribution in [-0.2, 0) is 26.7 Å². The normalized spacial score (nSPS) is 11.6. The Kier molecular flexibility index (Phi) is 8.55. The van der Waals surface area contributed by atoms with Crippen molar-refractivity contribution >= 4 is 33.1 Å². The van der Waals surface area contributed by atoms with Gasteiger partial charge < -0.3 is 5.32 Å². The van der Waals surface area contributed by atoms with Gasteiger partial charge in [-0.3, -0.25) is 13.9 Å². The Morgan fingerprint density at radius 3 is 2.08 bits per heavy atom. The Morgan fingerprint density at radius 1 is 0.775 bits per heavy atom. The Labute approximate surface area is 236 Å². The summed E-state index contributed by atoms with van der Waals surface area (Å²) >= 11 is 0. The van der Waals surface area contributed by atoms with Crippen LogP contribution in [0.1, 0.15) is 54.7 Å². The van der Waals surface area contributed by atoms with E-state index in [1.54, 1.807) is 54.6 Å². The van der Waals surface area contributed by atoms with Gasteiger partial charge in [0.2, 0.25) is 5.91 Å². The molecule has 0 aliphatic heterocycles. The molecule has 0 aromatic heterocycles. The minimum absolute atomic E-state index is 0.0225. The van der Waals surface area contributed by atoms with Gasteiger partial charge in [-0.1, -0.05) is 100 Å². The number of ketones is 1. The van der Waals surface area contributed by atoms with Crippen molar-refractivity contribution < 1.29 is 18.0 Å². The third-order valence-electron chi connectivity index (χ3n) is 6.68. The molecule has 0 heterocycles. The molecule has 206 valence electrons. The van der Waals surface area contributed by atoms with Gasteiger partial charge in [0, 0.05) is 16.8 Å². The number of aryl methyl sites for hydroxylation is 1. The van der Waals surface area contributed by atoms with Gasteiger partial charge in [0.05, 0.1) is 10.6 Å². The number of nitrogens with zero attached hydrogens (tertiary/aromatic N) is 1. The topological polar surface area (TPSA) is 83.6 Å². The first kappa shape index (κ1) is 28.8. The van der Waals surface area contributed by atoms with E-state index in [0.717, 1.165) is 15.4 Å². The molecule has 4 aromatic carbocycles. The van der Waals surface area contributed by atoms with Gasteiger partial charge in [-0.15, -0.1) is 0 Å². The number of amides is 1. The van der Waals surface area contributed by atoms with Crippen molar-refractivity contribution in [3.8, 4) is 0 Å². The number of anilines is 2. The van der Waals surface area contributed by atoms with Crippen molar-refractivity contribution in [1.29, 1.82) is 0 Å². The fraction of sp³-hybridized carbons (Fsp3) is 0.212. The van der Waals surface area contributed by atoms with E-state index in [1.165, 1.54) is 12.1 Å². The van der Waals surface area contributed by atoms with E-state index in [4.69, 9.17) is 0 Å². The van der Waals surface area contributed by atoms with Crippen molar-refractivity contribution in [1.82, 2.24) is 0 Å². The largest absolute Gasteiger partial charge is 0.324 e. The SMILES string of the molecule is CCc1ccccc1N(CC(=O)Nc1cccc(C(=O)c2ccc(C(C)(C)C)cc2)c1)S(=O)(=O)c1ccccc1. The lowest BCUT2D eigenvalue weighted by molar-refractivity contribution is -0.114. The average Bonchev–Trinajstić information content (AvgIpc) is 2.95. The summed E-state index contributed by atoms with van der Waals surface area (Å²) < 4.78 is 28.5. The standard InChI is InChI=1S/C33H34N2O4S/c1-5-24-12-9-10-17-30(24)35(40(38,39)29-15-7-6-8-16-29)23-31(36)34-28-14-11-13-26(22-28)32(37)25-18-20-27(21-19-25)33(2,3)4/h6-22H,5,23H2,1-4H3,(H,34,36). The van der Waals surface area contributed by atoms with E-state index in [9.17, 15) is 18.0 Å². The summed E-state index contributed by atoms with van der Waals surface area (Å²) in [4.78, 5) is 26.5. The Balaban J connectivity index is 1.58. The highest BCUT2D eigenvalue weighted by atomic mass is 32.2. The zero-order valence-electron chi connectivity index (χ0n) is 23.2. The van der Waals surface area contributed by atoms with Crippen molar-refractivity contribution in [2.45, 2.75) is 44.4 Å². The van der Waals surface area contributed by atoms with Crippen LogP contribution in [0.5, 0.6) is 0 Å². The molecule has 0 radical (unpaired) electrons. The molecule has 0 unspecified atom stereocenters. The molecular formula is C33H34N2O4S. The Morgan fingerprint density at radius 2 is 1.43 bits per heavy atom. The van der Waals surface area contributed by atoms with Crippen LogP contribution in [-0.4, -0.2) is 26.7 Å². The van der Waals surface area contributed by atoms with Gasteiger partial charge in [0.25, 0.3) is 10.0 Å². The third kappa shape index (κ3) is 6.49. The van der Waals surface area contributed by atoms with E-state index in [-0.39, 0.29) is 16.1 Å². The molecular weight excluding hydrogens is 520 g/mol. The Hall–Kier alpha value is -4.23. The molecule has 0 saturated carbocycles. The van der Waals surface area contributed by atoms with Crippen LogP contribution >= 0.6 is 0 Å². The molecule has 40 heavy (non-hydrogen) atoms. The lowest BCUT2D eigenvalue weighted by Gasteiger charge is -2.26. The van der Waals surface area contributed by atoms with Gasteiger partial charge in [-0.2, -0.15) is 0 Å². The van der Waals surface area contributed by atoms with E-state index < -0.39 is 22.5 Å². The second-order valence-electron chi connectivity index (χ2n) is 10.6. The fourth-order valence-electron chi connectivity index (χ4n) is 4.43. The average molecular weight is 555 g/mol. The fourth-order valence-corrected chi connectivity index (χ4v) is 5.91. The van der Waals surface area contributed by atoms with Gasteiger partial charge in [0.1, 0.15) is 6.54 Å². The van der Waals surface area contributed by atoms with Gasteiger partial charge >= 0.3 is 0 Å². The van der Waals surface area contributed by atoms with Crippen LogP contribution in [0.2, 0.25) is 0 Å². The molecule has 0 fully saturated rings. The van der Waals surface area contributed by atoms with E-state index in [1.807, 2.05) is 43.3 Å². The molecule has 1 amide bonds. The second-order valence-corrected chi connectivity index (χ2v) is 12.5. The maximum atomic E-state index is 13.7. The molecule has 0 aliphatic carbocycles. The maximum absolute atomic E-state index is 13.7. The van der Waals surface area contributed by atoms with Crippen LogP contribution in [0.4, 0.5) is 11.4 Å². The lowest BCUT2D eigenvalue weighted by Crippen LogP contribution is -2.38. The number of hydrogen-bond acceptors (Lipinski definition) is 4. The van der Waals surface area contributed by atoms with Gasteiger partial charge in [0.15, 0.2) is 5.78 Å². The molecule has 0 aliphatic rings. The summed E-state index contributed by atoms with van der Waals surface area (Å²) in [6, 6.07) is 29.4. The predicted molar refractivity (Wildman–Crippen MR) is 160 cm³/mol. The predicted octanol–water partition coefficient (Wildman–Crippen LogP) is 6.61. The van der Waals surface area contributed by atoms with Crippen LogP contribution in [0.3, 0.4) is 0 Å². The number of rotatable bonds is 9. The number of carbonyl (C=O) groups excluding carboxylic acids is 2. The first-order valence-electron chi connectivity index (χ1n) is 13.2. The van der Waals surface area contributed by atoms with Crippen LogP contribution in [0, 0.1) is 0 Å². The maximum Gasteiger partial charge on any atom is 0.264 e. The van der Waals surface area contributed by atoms with Crippen molar-refractivity contribution in [3.05, 3.63) is 125 Å². The summed E-state index contributed by atoms with van der Waals surface area (Å²) in [6.07, 6.45) is 0.597. The molecule has 0 spiro atoms. The molecule has 0 atom stereocenters. The lowest BCUT2D eigenvalue weighted by atomic mass is 9.86. The van der Waals surface area contributed by atoms with Crippen molar-refractivity contribution in [2.24, 2.45) is 0 Å². The number of carbonyl (C=O) groups is 2. The first-order chi connectivity index (χ1) is 19.0. The molecule has 0 saturated heterocycles.